The average molecular weight is 585 g/mol. The Morgan fingerprint density at radius 3 is 2.41 bits per heavy atom. The van der Waals surface area contributed by atoms with Gasteiger partial charge < -0.3 is 0 Å². The van der Waals surface area contributed by atoms with Crippen molar-refractivity contribution in [2.45, 2.75) is 37.9 Å². The third-order valence-corrected chi connectivity index (χ3v) is 7.77. The van der Waals surface area contributed by atoms with Gasteiger partial charge in [0.15, 0.2) is 12.1 Å². The highest BCUT2D eigenvalue weighted by molar-refractivity contribution is 9.10. The predicted octanol–water partition coefficient (Wildman–Crippen LogP) is 4.68. The number of rotatable bonds is 6. The third kappa shape index (κ3) is 4.44. The van der Waals surface area contributed by atoms with Crippen molar-refractivity contribution < 1.29 is 14.4 Å². The van der Waals surface area contributed by atoms with Crippen LogP contribution in [0.2, 0.25) is 0 Å². The van der Waals surface area contributed by atoms with Crippen molar-refractivity contribution in [1.29, 1.82) is 0 Å². The molecule has 39 heavy (non-hydrogen) atoms. The number of carbonyl (C=O) groups excluding carboxylic acids is 3. The van der Waals surface area contributed by atoms with Crippen LogP contribution in [0, 0.1) is 0 Å². The zero-order valence-electron chi connectivity index (χ0n) is 21.1. The van der Waals surface area contributed by atoms with Gasteiger partial charge in [-0.3, -0.25) is 19.4 Å². The van der Waals surface area contributed by atoms with Gasteiger partial charge in [-0.15, -0.1) is 0 Å². The molecule has 1 fully saturated rings. The molecule has 3 aromatic carbocycles. The summed E-state index contributed by atoms with van der Waals surface area (Å²) in [5, 5.41) is 15.7. The van der Waals surface area contributed by atoms with Crippen LogP contribution in [0.15, 0.2) is 98.8 Å². The maximum absolute atomic E-state index is 13.7. The summed E-state index contributed by atoms with van der Waals surface area (Å²) < 4.78 is 0.864. The molecule has 6 rings (SSSR count). The second kappa shape index (κ2) is 10.2. The van der Waals surface area contributed by atoms with Crippen molar-refractivity contribution >= 4 is 45.1 Å². The van der Waals surface area contributed by atoms with Gasteiger partial charge in [0.2, 0.25) is 0 Å². The molecule has 0 unspecified atom stereocenters. The normalized spacial score (nSPS) is 22.1. The zero-order chi connectivity index (χ0) is 27.1. The van der Waals surface area contributed by atoms with E-state index in [1.165, 1.54) is 14.9 Å². The first-order valence-corrected chi connectivity index (χ1v) is 13.6. The number of aryl methyl sites for hydroxylation is 1. The lowest BCUT2D eigenvalue weighted by molar-refractivity contribution is -0.135. The first kappa shape index (κ1) is 25.1. The van der Waals surface area contributed by atoms with Gasteiger partial charge in [-0.1, -0.05) is 88.7 Å². The first-order valence-electron chi connectivity index (χ1n) is 12.8. The highest BCUT2D eigenvalue weighted by Gasteiger charge is 2.55. The van der Waals surface area contributed by atoms with Gasteiger partial charge in [-0.2, -0.15) is 10.2 Å². The van der Waals surface area contributed by atoms with Gasteiger partial charge in [-0.05, 0) is 41.3 Å². The molecule has 10 heteroatoms. The van der Waals surface area contributed by atoms with Gasteiger partial charge in [0, 0.05) is 10.9 Å². The van der Waals surface area contributed by atoms with Crippen LogP contribution in [0.3, 0.4) is 0 Å². The van der Waals surface area contributed by atoms with Crippen LogP contribution < -0.4 is 4.90 Å². The quantitative estimate of drug-likeness (QED) is 0.393. The van der Waals surface area contributed by atoms with E-state index in [1.54, 1.807) is 12.1 Å². The van der Waals surface area contributed by atoms with E-state index in [0.29, 0.717) is 18.5 Å². The second-order valence-corrected chi connectivity index (χ2v) is 10.5. The zero-order valence-corrected chi connectivity index (χ0v) is 22.7. The molecule has 3 heterocycles. The van der Waals surface area contributed by atoms with Crippen LogP contribution in [0.4, 0.5) is 5.69 Å². The van der Waals surface area contributed by atoms with Crippen molar-refractivity contribution in [3.8, 4) is 0 Å². The molecule has 0 N–H and O–H groups in total. The number of hydrogen-bond acceptors (Lipinski definition) is 7. The topological polar surface area (TPSA) is 98.0 Å². The summed E-state index contributed by atoms with van der Waals surface area (Å²) in [5.74, 6) is -1.20. The fraction of sp³-hybridized carbons (Fsp3) is 0.241. The summed E-state index contributed by atoms with van der Waals surface area (Å²) in [6.45, 7) is 1.73. The van der Waals surface area contributed by atoms with Crippen molar-refractivity contribution in [3.63, 3.8) is 0 Å². The van der Waals surface area contributed by atoms with E-state index < -0.39 is 23.9 Å². The number of hydrazone groups is 1. The monoisotopic (exact) mass is 584 g/mol. The molecule has 0 aliphatic carbocycles. The van der Waals surface area contributed by atoms with Crippen molar-refractivity contribution in [3.05, 3.63) is 100 Å². The van der Waals surface area contributed by atoms with E-state index in [0.717, 1.165) is 26.9 Å². The first-order chi connectivity index (χ1) is 19.0. The number of imide groups is 1. The molecule has 3 aromatic rings. The molecule has 9 nitrogen and oxygen atoms in total. The van der Waals surface area contributed by atoms with Crippen LogP contribution in [0.25, 0.3) is 0 Å². The van der Waals surface area contributed by atoms with Gasteiger partial charge in [0.1, 0.15) is 6.54 Å². The molecule has 0 aromatic heterocycles. The van der Waals surface area contributed by atoms with E-state index >= 15 is 0 Å². The molecular formula is C29H25BrN6O3. The van der Waals surface area contributed by atoms with Crippen molar-refractivity contribution in [2.24, 2.45) is 15.4 Å². The molecule has 3 amide bonds. The molecule has 1 saturated heterocycles. The van der Waals surface area contributed by atoms with Crippen LogP contribution >= 0.6 is 15.9 Å². The molecule has 3 aliphatic heterocycles. The lowest BCUT2D eigenvalue weighted by atomic mass is 9.98. The van der Waals surface area contributed by atoms with Crippen molar-refractivity contribution in [2.75, 3.05) is 11.4 Å². The summed E-state index contributed by atoms with van der Waals surface area (Å²) in [6.07, 6.45) is 1.20. The number of amides is 3. The molecule has 0 radical (unpaired) electrons. The Morgan fingerprint density at radius 1 is 0.974 bits per heavy atom. The van der Waals surface area contributed by atoms with E-state index in [4.69, 9.17) is 5.10 Å². The summed E-state index contributed by atoms with van der Waals surface area (Å²) >= 11 is 3.45. The number of nitrogens with zero attached hydrogens (tertiary/aromatic N) is 6. The SMILES string of the molecule is CCc1cc(Br)ccc1N1C(=O)[C@@H]2[C@@H](N=NN2CC(=O)N2N=C(c3ccccc3)C[C@@H]2c2ccccc2)C1=O. The van der Waals surface area contributed by atoms with E-state index in [1.807, 2.05) is 73.7 Å². The summed E-state index contributed by atoms with van der Waals surface area (Å²) in [7, 11) is 0. The number of fused-ring (bicyclic) bond motifs is 1. The van der Waals surface area contributed by atoms with Crippen LogP contribution in [0.5, 0.6) is 0 Å². The van der Waals surface area contributed by atoms with Gasteiger partial charge in [0.25, 0.3) is 17.7 Å². The maximum Gasteiger partial charge on any atom is 0.264 e. The van der Waals surface area contributed by atoms with Crippen LogP contribution in [-0.4, -0.2) is 52.1 Å². The Hall–Kier alpha value is -4.18. The fourth-order valence-electron chi connectivity index (χ4n) is 5.34. The highest BCUT2D eigenvalue weighted by atomic mass is 79.9. The van der Waals surface area contributed by atoms with Crippen molar-refractivity contribution in [1.82, 2.24) is 10.0 Å². The van der Waals surface area contributed by atoms with Crippen LogP contribution in [-0.2, 0) is 20.8 Å². The highest BCUT2D eigenvalue weighted by Crippen LogP contribution is 2.36. The van der Waals surface area contributed by atoms with Gasteiger partial charge in [0.05, 0.1) is 17.4 Å². The number of anilines is 1. The number of halogens is 1. The minimum absolute atomic E-state index is 0.229. The molecule has 3 atom stereocenters. The molecular weight excluding hydrogens is 560 g/mol. The predicted molar refractivity (Wildman–Crippen MR) is 149 cm³/mol. The number of hydrogen-bond donors (Lipinski definition) is 0. The number of benzene rings is 3. The standard InChI is InChI=1S/C29H25BrN6O3/c1-2-18-15-21(30)13-14-23(18)35-28(38)26-27(29(35)39)34(33-31-26)17-25(37)36-24(20-11-7-4-8-12-20)16-22(32-36)19-9-5-3-6-10-19/h3-15,24,26-27H,2,16-17H2,1H3/t24-,26-,27+/m1/s1. The van der Waals surface area contributed by atoms with Gasteiger partial charge in [-0.25, -0.2) is 9.91 Å². The summed E-state index contributed by atoms with van der Waals surface area (Å²) in [4.78, 5) is 41.7. The minimum Gasteiger partial charge on any atom is -0.271 e. The maximum atomic E-state index is 13.7. The summed E-state index contributed by atoms with van der Waals surface area (Å²) in [5.41, 5.74) is 4.10. The molecule has 3 aliphatic rings. The van der Waals surface area contributed by atoms with E-state index in [-0.39, 0.29) is 18.5 Å². The van der Waals surface area contributed by atoms with Crippen LogP contribution in [0.1, 0.15) is 36.1 Å². The molecule has 0 saturated carbocycles. The minimum atomic E-state index is -0.981. The second-order valence-electron chi connectivity index (χ2n) is 9.61. The molecule has 0 spiro atoms. The molecule has 0 bridgehead atoms. The largest absolute Gasteiger partial charge is 0.271 e. The van der Waals surface area contributed by atoms with E-state index in [2.05, 4.69) is 26.3 Å². The number of carbonyl (C=O) groups is 3. The smallest absolute Gasteiger partial charge is 0.264 e. The Bertz CT molecular complexity index is 1510. The molecule has 196 valence electrons. The Balaban J connectivity index is 1.26. The Kier molecular flexibility index (Phi) is 6.56. The third-order valence-electron chi connectivity index (χ3n) is 7.28. The van der Waals surface area contributed by atoms with Gasteiger partial charge >= 0.3 is 0 Å². The fourth-order valence-corrected chi connectivity index (χ4v) is 5.75. The lowest BCUT2D eigenvalue weighted by Gasteiger charge is -2.25. The Morgan fingerprint density at radius 2 is 1.69 bits per heavy atom. The van der Waals surface area contributed by atoms with E-state index in [9.17, 15) is 14.4 Å². The lowest BCUT2D eigenvalue weighted by Crippen LogP contribution is -2.44. The summed E-state index contributed by atoms with van der Waals surface area (Å²) in [6, 6.07) is 22.7. The average Bonchev–Trinajstić information content (AvgIpc) is 3.65. The Labute approximate surface area is 233 Å².